The van der Waals surface area contributed by atoms with Crippen molar-refractivity contribution >= 4 is 41.0 Å². The predicted octanol–water partition coefficient (Wildman–Crippen LogP) is 8.08. The molecule has 1 N–H and O–H groups in total. The van der Waals surface area contributed by atoms with Gasteiger partial charge in [-0.3, -0.25) is 24.6 Å². The molecule has 2 aliphatic heterocycles. The summed E-state index contributed by atoms with van der Waals surface area (Å²) >= 11 is 12.8. The summed E-state index contributed by atoms with van der Waals surface area (Å²) < 4.78 is 11.5. The van der Waals surface area contributed by atoms with E-state index in [0.717, 1.165) is 34.6 Å². The summed E-state index contributed by atoms with van der Waals surface area (Å²) in [4.78, 5) is 44.5. The predicted molar refractivity (Wildman–Crippen MR) is 223 cm³/mol. The minimum absolute atomic E-state index is 0.0454. The fourth-order valence-corrected chi connectivity index (χ4v) is 7.75. The third-order valence-electron chi connectivity index (χ3n) is 11.0. The summed E-state index contributed by atoms with van der Waals surface area (Å²) in [5.74, 6) is 1.82. The number of nitrogens with zero attached hydrogens (tertiary/aromatic N) is 5. The molecule has 0 spiro atoms. The van der Waals surface area contributed by atoms with E-state index in [4.69, 9.17) is 42.7 Å². The number of hydrogen-bond acceptors (Lipinski definition) is 7. The normalized spacial score (nSPS) is 20.1. The average Bonchev–Trinajstić information content (AvgIpc) is 3.42. The van der Waals surface area contributed by atoms with Gasteiger partial charge in [0.05, 0.1) is 25.8 Å². The van der Waals surface area contributed by atoms with Crippen LogP contribution in [0.5, 0.6) is 11.5 Å². The zero-order valence-electron chi connectivity index (χ0n) is 33.4. The molecule has 296 valence electrons. The van der Waals surface area contributed by atoms with Crippen molar-refractivity contribution in [3.8, 4) is 11.5 Å². The number of carbonyl (C=O) groups is 2. The Bertz CT molecular complexity index is 2040. The molecule has 2 atom stereocenters. The number of benzene rings is 3. The SMILES string of the molecule is CCOc1cc(C(C)(C)C)ncc1C1=N[C@@](C)(c2ccc(Cl)cc2)[C@@](C)(c2ccc(Cl)cc2)N1C(=O)N1CCN(CC(=O)NCCc2ccc(OC)cc2)CC1. The van der Waals surface area contributed by atoms with Crippen molar-refractivity contribution in [2.24, 2.45) is 4.99 Å². The maximum Gasteiger partial charge on any atom is 0.326 e. The number of nitrogens with one attached hydrogen (secondary N) is 1. The van der Waals surface area contributed by atoms with Gasteiger partial charge in [0.2, 0.25) is 5.91 Å². The molecule has 3 heterocycles. The van der Waals surface area contributed by atoms with Gasteiger partial charge in [-0.05, 0) is 80.3 Å². The highest BCUT2D eigenvalue weighted by molar-refractivity contribution is 6.30. The van der Waals surface area contributed by atoms with Gasteiger partial charge in [-0.2, -0.15) is 0 Å². The molecular weight excluding hydrogens is 747 g/mol. The molecule has 4 aromatic rings. The molecule has 0 radical (unpaired) electrons. The average molecular weight is 800 g/mol. The molecular formula is C44H52Cl2N6O4. The highest BCUT2D eigenvalue weighted by Gasteiger charge is 2.60. The maximum absolute atomic E-state index is 15.3. The Balaban J connectivity index is 1.31. The van der Waals surface area contributed by atoms with Crippen LogP contribution in [-0.2, 0) is 27.7 Å². The molecule has 0 unspecified atom stereocenters. The molecule has 1 saturated heterocycles. The number of rotatable bonds is 11. The van der Waals surface area contributed by atoms with Gasteiger partial charge in [0.1, 0.15) is 28.4 Å². The summed E-state index contributed by atoms with van der Waals surface area (Å²) in [6.45, 7) is 15.5. The number of methoxy groups -OCH3 is 1. The zero-order valence-corrected chi connectivity index (χ0v) is 34.9. The summed E-state index contributed by atoms with van der Waals surface area (Å²) in [7, 11) is 1.64. The van der Waals surface area contributed by atoms with Crippen LogP contribution in [0, 0.1) is 0 Å². The lowest BCUT2D eigenvalue weighted by atomic mass is 9.71. The summed E-state index contributed by atoms with van der Waals surface area (Å²) in [5.41, 5.74) is 2.06. The monoisotopic (exact) mass is 798 g/mol. The Morgan fingerprint density at radius 2 is 1.48 bits per heavy atom. The van der Waals surface area contributed by atoms with Gasteiger partial charge in [0.15, 0.2) is 0 Å². The Labute approximate surface area is 340 Å². The largest absolute Gasteiger partial charge is 0.497 e. The minimum atomic E-state index is -1.05. The molecule has 1 fully saturated rings. The number of carbonyl (C=O) groups excluding carboxylic acids is 2. The number of piperazine rings is 1. The molecule has 2 aliphatic rings. The van der Waals surface area contributed by atoms with Gasteiger partial charge in [-0.15, -0.1) is 0 Å². The van der Waals surface area contributed by atoms with E-state index in [2.05, 4.69) is 44.8 Å². The second-order valence-corrected chi connectivity index (χ2v) is 16.5. The van der Waals surface area contributed by atoms with Gasteiger partial charge < -0.3 is 19.7 Å². The highest BCUT2D eigenvalue weighted by atomic mass is 35.5. The van der Waals surface area contributed by atoms with Crippen molar-refractivity contribution in [2.75, 3.05) is 53.0 Å². The van der Waals surface area contributed by atoms with Crippen molar-refractivity contribution in [3.63, 3.8) is 0 Å². The molecule has 0 saturated carbocycles. The van der Waals surface area contributed by atoms with E-state index in [0.29, 0.717) is 66.5 Å². The first-order valence-corrected chi connectivity index (χ1v) is 19.9. The molecule has 56 heavy (non-hydrogen) atoms. The smallest absolute Gasteiger partial charge is 0.326 e. The standard InChI is InChI=1S/C44H52Cl2N6O4/c1-8-56-37-27-38(42(2,3)4)48-28-36(37)40-49-43(5,31-11-15-33(45)16-12-31)44(6,32-13-17-34(46)18-14-32)52(40)41(54)51-25-23-50(24-26-51)29-39(53)47-22-21-30-9-19-35(55-7)20-10-30/h9-20,27-28H,8,21-26,29H2,1-7H3,(H,47,53)/t43-,44+/m0/s1. The van der Waals surface area contributed by atoms with Crippen molar-refractivity contribution in [3.05, 3.63) is 123 Å². The van der Waals surface area contributed by atoms with Crippen molar-refractivity contribution < 1.29 is 19.1 Å². The van der Waals surface area contributed by atoms with Crippen LogP contribution in [0.4, 0.5) is 4.79 Å². The first kappa shape index (κ1) is 41.0. The van der Waals surface area contributed by atoms with Gasteiger partial charge >= 0.3 is 6.03 Å². The molecule has 10 nitrogen and oxygen atoms in total. The van der Waals surface area contributed by atoms with Crippen molar-refractivity contribution in [1.82, 2.24) is 25.0 Å². The topological polar surface area (TPSA) is 99.6 Å². The first-order valence-electron chi connectivity index (χ1n) is 19.1. The zero-order chi connectivity index (χ0) is 40.3. The summed E-state index contributed by atoms with van der Waals surface area (Å²) in [6.07, 6.45) is 2.50. The van der Waals surface area contributed by atoms with E-state index in [1.807, 2.05) is 95.6 Å². The number of ether oxygens (including phenoxy) is 2. The van der Waals surface area contributed by atoms with Crippen LogP contribution in [0.2, 0.25) is 10.0 Å². The third kappa shape index (κ3) is 8.38. The van der Waals surface area contributed by atoms with E-state index in [1.54, 1.807) is 13.3 Å². The van der Waals surface area contributed by atoms with Crippen LogP contribution in [0.1, 0.15) is 69.5 Å². The second-order valence-electron chi connectivity index (χ2n) is 15.7. The van der Waals surface area contributed by atoms with Crippen LogP contribution in [0.3, 0.4) is 0 Å². The second kappa shape index (κ2) is 16.8. The molecule has 0 aliphatic carbocycles. The Morgan fingerprint density at radius 1 is 0.875 bits per heavy atom. The fraction of sp³-hybridized carbons (Fsp3) is 0.409. The number of hydrogen-bond donors (Lipinski definition) is 1. The summed E-state index contributed by atoms with van der Waals surface area (Å²) in [5, 5.41) is 4.24. The van der Waals surface area contributed by atoms with E-state index in [1.165, 1.54) is 0 Å². The fourth-order valence-electron chi connectivity index (χ4n) is 7.49. The lowest BCUT2D eigenvalue weighted by Gasteiger charge is -2.47. The van der Waals surface area contributed by atoms with Gasteiger partial charge in [-0.25, -0.2) is 4.79 Å². The van der Waals surface area contributed by atoms with Crippen LogP contribution < -0.4 is 14.8 Å². The molecule has 3 aromatic carbocycles. The minimum Gasteiger partial charge on any atom is -0.497 e. The van der Waals surface area contributed by atoms with Gasteiger partial charge in [0.25, 0.3) is 0 Å². The maximum atomic E-state index is 15.3. The molecule has 3 amide bonds. The van der Waals surface area contributed by atoms with E-state index in [9.17, 15) is 4.79 Å². The van der Waals surface area contributed by atoms with Crippen molar-refractivity contribution in [2.45, 2.75) is 64.5 Å². The van der Waals surface area contributed by atoms with Gasteiger partial charge in [0, 0.05) is 66.1 Å². The summed E-state index contributed by atoms with van der Waals surface area (Å²) in [6, 6.07) is 24.9. The number of amides is 3. The van der Waals surface area contributed by atoms with E-state index in [-0.39, 0.29) is 23.9 Å². The first-order chi connectivity index (χ1) is 26.7. The molecule has 1 aromatic heterocycles. The number of amidine groups is 1. The van der Waals surface area contributed by atoms with Crippen LogP contribution >= 0.6 is 23.2 Å². The van der Waals surface area contributed by atoms with E-state index < -0.39 is 11.1 Å². The van der Waals surface area contributed by atoms with Crippen molar-refractivity contribution in [1.29, 1.82) is 0 Å². The molecule has 6 rings (SSSR count). The van der Waals surface area contributed by atoms with Crippen LogP contribution in [-0.4, -0.2) is 90.4 Å². The lowest BCUT2D eigenvalue weighted by Crippen LogP contribution is -2.61. The number of urea groups is 1. The van der Waals surface area contributed by atoms with Crippen LogP contribution in [0.25, 0.3) is 0 Å². The lowest BCUT2D eigenvalue weighted by molar-refractivity contribution is -0.122. The van der Waals surface area contributed by atoms with Crippen LogP contribution in [0.15, 0.2) is 90.1 Å². The van der Waals surface area contributed by atoms with Gasteiger partial charge in [-0.1, -0.05) is 80.4 Å². The third-order valence-corrected chi connectivity index (χ3v) is 11.5. The number of halogens is 2. The number of aliphatic imine (C=N–C) groups is 1. The molecule has 0 bridgehead atoms. The van der Waals surface area contributed by atoms with E-state index >= 15 is 4.79 Å². The molecule has 12 heteroatoms. The number of pyridine rings is 1. The Morgan fingerprint density at radius 3 is 2.05 bits per heavy atom. The Kier molecular flexibility index (Phi) is 12.3. The quantitative estimate of drug-likeness (QED) is 0.165. The Hall–Kier alpha value is -4.64. The highest BCUT2D eigenvalue weighted by Crippen LogP contribution is 2.54. The number of aromatic nitrogens is 1.